The highest BCUT2D eigenvalue weighted by atomic mass is 32.2. The van der Waals surface area contributed by atoms with Gasteiger partial charge in [0.25, 0.3) is 0 Å². The molecule has 1 aliphatic heterocycles. The van der Waals surface area contributed by atoms with E-state index in [9.17, 15) is 8.42 Å². The van der Waals surface area contributed by atoms with Gasteiger partial charge in [-0.1, -0.05) is 30.3 Å². The third-order valence-electron chi connectivity index (χ3n) is 4.70. The Hall–Kier alpha value is -1.92. The number of benzene rings is 1. The van der Waals surface area contributed by atoms with Gasteiger partial charge in [0.15, 0.2) is 0 Å². The van der Waals surface area contributed by atoms with Crippen LogP contribution in [0, 0.1) is 19.8 Å². The lowest BCUT2D eigenvalue weighted by Crippen LogP contribution is -2.38. The number of aryl methyl sites for hydroxylation is 2. The predicted octanol–water partition coefficient (Wildman–Crippen LogP) is 3.21. The molecule has 134 valence electrons. The number of rotatable bonds is 5. The van der Waals surface area contributed by atoms with E-state index in [1.54, 1.807) is 10.4 Å². The van der Waals surface area contributed by atoms with Crippen LogP contribution in [0.1, 0.15) is 29.8 Å². The van der Waals surface area contributed by atoms with Crippen molar-refractivity contribution in [3.63, 3.8) is 0 Å². The Labute approximate surface area is 150 Å². The molecule has 0 saturated carbocycles. The average Bonchev–Trinajstić information content (AvgIpc) is 2.92. The molecule has 0 atom stereocenters. The van der Waals surface area contributed by atoms with Gasteiger partial charge in [-0.05, 0) is 50.3 Å². The predicted molar refractivity (Wildman–Crippen MR) is 100 cm³/mol. The van der Waals surface area contributed by atoms with Crippen LogP contribution in [0.15, 0.2) is 41.8 Å². The van der Waals surface area contributed by atoms with Crippen LogP contribution >= 0.6 is 0 Å². The van der Waals surface area contributed by atoms with Crippen molar-refractivity contribution in [2.24, 2.45) is 5.92 Å². The molecule has 0 amide bonds. The first-order chi connectivity index (χ1) is 11.9. The second kappa shape index (κ2) is 7.54. The summed E-state index contributed by atoms with van der Waals surface area (Å²) in [6, 6.07) is 11.6. The van der Waals surface area contributed by atoms with Gasteiger partial charge in [0.2, 0.25) is 10.0 Å². The maximum atomic E-state index is 12.5. The lowest BCUT2D eigenvalue weighted by molar-refractivity contribution is 0.247. The summed E-state index contributed by atoms with van der Waals surface area (Å²) in [5, 5.41) is 5.83. The van der Waals surface area contributed by atoms with Gasteiger partial charge in [-0.15, -0.1) is 0 Å². The zero-order chi connectivity index (χ0) is 17.9. The molecule has 0 spiro atoms. The zero-order valence-electron chi connectivity index (χ0n) is 14.8. The van der Waals surface area contributed by atoms with E-state index in [-0.39, 0.29) is 0 Å². The van der Waals surface area contributed by atoms with Crippen molar-refractivity contribution in [2.45, 2.75) is 33.2 Å². The molecule has 2 heterocycles. The van der Waals surface area contributed by atoms with Crippen LogP contribution in [0.25, 0.3) is 6.08 Å². The largest absolute Gasteiger partial charge is 0.269 e. The van der Waals surface area contributed by atoms with Crippen LogP contribution in [0.2, 0.25) is 0 Å². The monoisotopic (exact) mass is 359 g/mol. The Balaban J connectivity index is 1.57. The van der Waals surface area contributed by atoms with E-state index in [4.69, 9.17) is 0 Å². The van der Waals surface area contributed by atoms with E-state index in [2.05, 4.69) is 18.1 Å². The lowest BCUT2D eigenvalue weighted by atomic mass is 9.98. The fourth-order valence-electron chi connectivity index (χ4n) is 3.27. The third kappa shape index (κ3) is 4.58. The number of aromatic nitrogens is 2. The third-order valence-corrected chi connectivity index (χ3v) is 6.26. The highest BCUT2D eigenvalue weighted by Crippen LogP contribution is 2.22. The highest BCUT2D eigenvalue weighted by Gasteiger charge is 2.26. The highest BCUT2D eigenvalue weighted by molar-refractivity contribution is 7.92. The molecule has 1 aromatic heterocycles. The molecule has 2 aromatic rings. The number of nitrogens with zero attached hydrogens (tertiary/aromatic N) is 3. The summed E-state index contributed by atoms with van der Waals surface area (Å²) >= 11 is 0. The first kappa shape index (κ1) is 17.9. The van der Waals surface area contributed by atoms with Crippen LogP contribution in [0.4, 0.5) is 0 Å². The van der Waals surface area contributed by atoms with Crippen molar-refractivity contribution < 1.29 is 8.42 Å². The summed E-state index contributed by atoms with van der Waals surface area (Å²) in [4.78, 5) is 0. The molecule has 0 radical (unpaired) electrons. The Morgan fingerprint density at radius 2 is 1.84 bits per heavy atom. The number of piperidine rings is 1. The Bertz CT molecular complexity index is 833. The first-order valence-electron chi connectivity index (χ1n) is 8.68. The fraction of sp³-hybridized carbons (Fsp3) is 0.421. The molecule has 0 bridgehead atoms. The summed E-state index contributed by atoms with van der Waals surface area (Å²) in [6.45, 7) is 6.08. The Morgan fingerprint density at radius 3 is 2.44 bits per heavy atom. The van der Waals surface area contributed by atoms with Crippen molar-refractivity contribution in [1.82, 2.24) is 14.1 Å². The molecule has 3 rings (SSSR count). The van der Waals surface area contributed by atoms with E-state index < -0.39 is 10.0 Å². The maximum Gasteiger partial charge on any atom is 0.236 e. The standard InChI is InChI=1S/C19H25N3O2S/c1-16-14-17(2)22(20-16)15-19-8-11-21(12-9-19)25(23,24)13-10-18-6-4-3-5-7-18/h3-7,10,13-14,19H,8-9,11-12,15H2,1-2H3/b13-10+. The quantitative estimate of drug-likeness (QED) is 0.824. The molecule has 1 aromatic carbocycles. The Morgan fingerprint density at radius 1 is 1.16 bits per heavy atom. The van der Waals surface area contributed by atoms with Crippen molar-refractivity contribution in [1.29, 1.82) is 0 Å². The van der Waals surface area contributed by atoms with Crippen LogP contribution in [-0.4, -0.2) is 35.6 Å². The van der Waals surface area contributed by atoms with Crippen molar-refractivity contribution in [2.75, 3.05) is 13.1 Å². The molecule has 0 N–H and O–H groups in total. The minimum Gasteiger partial charge on any atom is -0.269 e. The van der Waals surface area contributed by atoms with Crippen LogP contribution in [0.5, 0.6) is 0 Å². The van der Waals surface area contributed by atoms with E-state index in [1.165, 1.54) is 11.1 Å². The molecule has 0 unspecified atom stereocenters. The summed E-state index contributed by atoms with van der Waals surface area (Å²) < 4.78 is 28.6. The van der Waals surface area contributed by atoms with Gasteiger partial charge in [-0.3, -0.25) is 4.68 Å². The molecular weight excluding hydrogens is 334 g/mol. The molecule has 0 aliphatic carbocycles. The van der Waals surface area contributed by atoms with E-state index in [0.717, 1.165) is 30.6 Å². The normalized spacial score (nSPS) is 17.4. The second-order valence-electron chi connectivity index (χ2n) is 6.71. The SMILES string of the molecule is Cc1cc(C)n(CC2CCN(S(=O)(=O)/C=C/c3ccccc3)CC2)n1. The van der Waals surface area contributed by atoms with Gasteiger partial charge < -0.3 is 0 Å². The first-order valence-corrected chi connectivity index (χ1v) is 10.2. The molecule has 1 saturated heterocycles. The number of sulfonamides is 1. The van der Waals surface area contributed by atoms with Crippen molar-refractivity contribution in [3.8, 4) is 0 Å². The van der Waals surface area contributed by atoms with Crippen LogP contribution in [-0.2, 0) is 16.6 Å². The number of hydrogen-bond acceptors (Lipinski definition) is 3. The molecule has 1 aliphatic rings. The van der Waals surface area contributed by atoms with Crippen molar-refractivity contribution in [3.05, 3.63) is 58.8 Å². The van der Waals surface area contributed by atoms with E-state index in [1.807, 2.05) is 41.9 Å². The van der Waals surface area contributed by atoms with Gasteiger partial charge in [0, 0.05) is 30.7 Å². The summed E-state index contributed by atoms with van der Waals surface area (Å²) in [5.41, 5.74) is 3.09. The minimum absolute atomic E-state index is 0.475. The van der Waals surface area contributed by atoms with Gasteiger partial charge >= 0.3 is 0 Å². The number of hydrogen-bond donors (Lipinski definition) is 0. The molecule has 25 heavy (non-hydrogen) atoms. The van der Waals surface area contributed by atoms with E-state index >= 15 is 0 Å². The summed E-state index contributed by atoms with van der Waals surface area (Å²) in [7, 11) is -3.35. The van der Waals surface area contributed by atoms with Gasteiger partial charge in [0.1, 0.15) is 0 Å². The van der Waals surface area contributed by atoms with Gasteiger partial charge in [0.05, 0.1) is 5.69 Å². The van der Waals surface area contributed by atoms with Crippen molar-refractivity contribution >= 4 is 16.1 Å². The summed E-state index contributed by atoms with van der Waals surface area (Å²) in [5.74, 6) is 0.475. The Kier molecular flexibility index (Phi) is 5.39. The fourth-order valence-corrected chi connectivity index (χ4v) is 4.49. The topological polar surface area (TPSA) is 55.2 Å². The van der Waals surface area contributed by atoms with Crippen LogP contribution < -0.4 is 0 Å². The molecule has 5 nitrogen and oxygen atoms in total. The molecule has 6 heteroatoms. The summed E-state index contributed by atoms with van der Waals surface area (Å²) in [6.07, 6.45) is 3.41. The lowest BCUT2D eigenvalue weighted by Gasteiger charge is -2.30. The van der Waals surface area contributed by atoms with Crippen LogP contribution in [0.3, 0.4) is 0 Å². The smallest absolute Gasteiger partial charge is 0.236 e. The van der Waals surface area contributed by atoms with Gasteiger partial charge in [-0.25, -0.2) is 8.42 Å². The average molecular weight is 359 g/mol. The minimum atomic E-state index is -3.35. The zero-order valence-corrected chi connectivity index (χ0v) is 15.6. The molecular formula is C19H25N3O2S. The second-order valence-corrected chi connectivity index (χ2v) is 8.53. The van der Waals surface area contributed by atoms with Gasteiger partial charge in [-0.2, -0.15) is 9.40 Å². The maximum absolute atomic E-state index is 12.5. The van der Waals surface area contributed by atoms with E-state index in [0.29, 0.717) is 19.0 Å². The molecule has 1 fully saturated rings.